The minimum Gasteiger partial charge on any atom is -0.459 e. The van der Waals surface area contributed by atoms with Crippen molar-refractivity contribution >= 4 is 5.91 Å². The van der Waals surface area contributed by atoms with Gasteiger partial charge in [0.05, 0.1) is 24.1 Å². The van der Waals surface area contributed by atoms with E-state index in [1.807, 2.05) is 6.07 Å². The maximum Gasteiger partial charge on any atom is 0.289 e. The molecule has 0 aliphatic carbocycles. The molecule has 1 saturated heterocycles. The predicted octanol–water partition coefficient (Wildman–Crippen LogP) is 2.50. The summed E-state index contributed by atoms with van der Waals surface area (Å²) in [5.74, 6) is 0.169. The number of carbonyl (C=O) groups is 1. The van der Waals surface area contributed by atoms with Gasteiger partial charge in [-0.2, -0.15) is 0 Å². The molecule has 0 bridgehead atoms. The Balaban J connectivity index is 1.41. The summed E-state index contributed by atoms with van der Waals surface area (Å²) >= 11 is 0. The summed E-state index contributed by atoms with van der Waals surface area (Å²) < 4.78 is 6.89. The number of rotatable bonds is 3. The molecule has 0 saturated carbocycles. The molecule has 0 unspecified atom stereocenters. The molecule has 1 aromatic carbocycles. The number of hydrogen-bond acceptors (Lipinski definition) is 4. The first-order chi connectivity index (χ1) is 14.6. The summed E-state index contributed by atoms with van der Waals surface area (Å²) in [6.07, 6.45) is 3.30. The molecule has 1 spiro atoms. The molecular weight excluding hydrogens is 380 g/mol. The molecule has 4 heterocycles. The van der Waals surface area contributed by atoms with Gasteiger partial charge in [-0.15, -0.1) is 0 Å². The molecule has 7 heteroatoms. The highest BCUT2D eigenvalue weighted by molar-refractivity contribution is 5.91. The van der Waals surface area contributed by atoms with Gasteiger partial charge in [0, 0.05) is 25.6 Å². The van der Waals surface area contributed by atoms with E-state index < -0.39 is 0 Å². The number of aromatic amines is 1. The number of likely N-dealkylation sites (tertiary alicyclic amines) is 1. The van der Waals surface area contributed by atoms with Crippen LogP contribution in [0.2, 0.25) is 0 Å². The van der Waals surface area contributed by atoms with Crippen molar-refractivity contribution in [2.75, 3.05) is 19.6 Å². The van der Waals surface area contributed by atoms with Crippen molar-refractivity contribution in [1.82, 2.24) is 19.6 Å². The number of fused-ring (bicyclic) bond motifs is 2. The maximum absolute atomic E-state index is 13.0. The zero-order chi connectivity index (χ0) is 20.7. The average molecular weight is 406 g/mol. The van der Waals surface area contributed by atoms with Gasteiger partial charge >= 0.3 is 0 Å². The van der Waals surface area contributed by atoms with Gasteiger partial charge in [0.15, 0.2) is 5.76 Å². The SMILES string of the molecule is Cn1[nH]c2c(c1=O)CN(C(=O)c1ccco1)CC21CCN(Cc2ccccc2)CC1. The van der Waals surface area contributed by atoms with Gasteiger partial charge in [0.2, 0.25) is 0 Å². The van der Waals surface area contributed by atoms with E-state index in [9.17, 15) is 9.59 Å². The fourth-order valence-corrected chi connectivity index (χ4v) is 4.96. The summed E-state index contributed by atoms with van der Waals surface area (Å²) in [5, 5.41) is 3.31. The molecular formula is C23H26N4O3. The minimum absolute atomic E-state index is 0.0481. The molecule has 7 nitrogen and oxygen atoms in total. The van der Waals surface area contributed by atoms with E-state index in [0.717, 1.165) is 38.2 Å². The second-order valence-electron chi connectivity index (χ2n) is 8.51. The zero-order valence-electron chi connectivity index (χ0n) is 17.1. The van der Waals surface area contributed by atoms with E-state index in [1.54, 1.807) is 28.8 Å². The molecule has 156 valence electrons. The number of furan rings is 1. The molecule has 1 N–H and O–H groups in total. The van der Waals surface area contributed by atoms with Crippen LogP contribution in [0.5, 0.6) is 0 Å². The number of amides is 1. The number of aryl methyl sites for hydroxylation is 1. The third-order valence-electron chi connectivity index (χ3n) is 6.60. The fourth-order valence-electron chi connectivity index (χ4n) is 4.96. The lowest BCUT2D eigenvalue weighted by Crippen LogP contribution is -2.53. The van der Waals surface area contributed by atoms with Crippen molar-refractivity contribution in [2.24, 2.45) is 7.05 Å². The third-order valence-corrected chi connectivity index (χ3v) is 6.60. The molecule has 5 rings (SSSR count). The van der Waals surface area contributed by atoms with Gasteiger partial charge in [-0.1, -0.05) is 30.3 Å². The Morgan fingerprint density at radius 1 is 1.13 bits per heavy atom. The molecule has 3 aromatic rings. The van der Waals surface area contributed by atoms with Crippen molar-refractivity contribution in [3.8, 4) is 0 Å². The van der Waals surface area contributed by atoms with Crippen LogP contribution in [0.25, 0.3) is 0 Å². The second-order valence-corrected chi connectivity index (χ2v) is 8.51. The Labute approximate surface area is 174 Å². The molecule has 30 heavy (non-hydrogen) atoms. The van der Waals surface area contributed by atoms with Crippen molar-refractivity contribution in [1.29, 1.82) is 0 Å². The van der Waals surface area contributed by atoms with Crippen LogP contribution in [-0.4, -0.2) is 45.1 Å². The lowest BCUT2D eigenvalue weighted by Gasteiger charge is -2.46. The standard InChI is InChI=1S/C23H26N4O3/c1-25-21(28)18-15-27(22(29)19-8-5-13-30-19)16-23(20(18)24-25)9-11-26(12-10-23)14-17-6-3-2-4-7-17/h2-8,13,24H,9-12,14-16H2,1H3. The predicted molar refractivity (Wildman–Crippen MR) is 112 cm³/mol. The summed E-state index contributed by atoms with van der Waals surface area (Å²) in [4.78, 5) is 30.0. The molecule has 1 amide bonds. The van der Waals surface area contributed by atoms with E-state index in [-0.39, 0.29) is 16.9 Å². The van der Waals surface area contributed by atoms with Crippen LogP contribution in [0.15, 0.2) is 57.9 Å². The lowest BCUT2D eigenvalue weighted by atomic mass is 9.72. The topological polar surface area (TPSA) is 74.5 Å². The van der Waals surface area contributed by atoms with Gasteiger partial charge in [0.25, 0.3) is 11.5 Å². The first-order valence-electron chi connectivity index (χ1n) is 10.4. The van der Waals surface area contributed by atoms with Crippen LogP contribution >= 0.6 is 0 Å². The van der Waals surface area contributed by atoms with E-state index in [4.69, 9.17) is 4.42 Å². The number of nitrogens with one attached hydrogen (secondary N) is 1. The van der Waals surface area contributed by atoms with Crippen molar-refractivity contribution < 1.29 is 9.21 Å². The Morgan fingerprint density at radius 3 is 2.60 bits per heavy atom. The van der Waals surface area contributed by atoms with Gasteiger partial charge < -0.3 is 9.32 Å². The second kappa shape index (κ2) is 7.32. The maximum atomic E-state index is 13.0. The summed E-state index contributed by atoms with van der Waals surface area (Å²) in [6.45, 7) is 3.69. The highest BCUT2D eigenvalue weighted by Gasteiger charge is 2.46. The van der Waals surface area contributed by atoms with Crippen LogP contribution in [-0.2, 0) is 25.6 Å². The smallest absolute Gasteiger partial charge is 0.289 e. The van der Waals surface area contributed by atoms with E-state index in [1.165, 1.54) is 11.8 Å². The molecule has 0 atom stereocenters. The lowest BCUT2D eigenvalue weighted by molar-refractivity contribution is 0.0537. The Bertz CT molecular complexity index is 1090. The molecule has 2 aliphatic rings. The van der Waals surface area contributed by atoms with E-state index in [2.05, 4.69) is 34.3 Å². The van der Waals surface area contributed by atoms with Gasteiger partial charge in [0.1, 0.15) is 0 Å². The highest BCUT2D eigenvalue weighted by Crippen LogP contribution is 2.40. The van der Waals surface area contributed by atoms with Gasteiger partial charge in [-0.25, -0.2) is 0 Å². The quantitative estimate of drug-likeness (QED) is 0.725. The normalized spacial score (nSPS) is 18.5. The molecule has 2 aliphatic heterocycles. The number of aromatic nitrogens is 2. The van der Waals surface area contributed by atoms with E-state index in [0.29, 0.717) is 24.4 Å². The number of carbonyl (C=O) groups excluding carboxylic acids is 1. The number of nitrogens with zero attached hydrogens (tertiary/aromatic N) is 3. The molecule has 0 radical (unpaired) electrons. The van der Waals surface area contributed by atoms with Crippen LogP contribution < -0.4 is 5.56 Å². The molecule has 2 aromatic heterocycles. The number of piperidine rings is 1. The number of benzene rings is 1. The van der Waals surface area contributed by atoms with Crippen molar-refractivity contribution in [3.63, 3.8) is 0 Å². The third kappa shape index (κ3) is 3.19. The van der Waals surface area contributed by atoms with Crippen LogP contribution in [0.4, 0.5) is 0 Å². The van der Waals surface area contributed by atoms with Crippen LogP contribution in [0.1, 0.15) is 40.2 Å². The minimum atomic E-state index is -0.233. The average Bonchev–Trinajstić information content (AvgIpc) is 3.40. The highest BCUT2D eigenvalue weighted by atomic mass is 16.3. The van der Waals surface area contributed by atoms with Crippen LogP contribution in [0, 0.1) is 0 Å². The Morgan fingerprint density at radius 2 is 1.90 bits per heavy atom. The first-order valence-corrected chi connectivity index (χ1v) is 10.4. The molecule has 1 fully saturated rings. The van der Waals surface area contributed by atoms with Crippen molar-refractivity contribution in [3.05, 3.63) is 81.7 Å². The summed E-state index contributed by atoms with van der Waals surface area (Å²) in [5.41, 5.74) is 2.75. The monoisotopic (exact) mass is 406 g/mol. The fraction of sp³-hybridized carbons (Fsp3) is 0.391. The first kappa shape index (κ1) is 18.9. The number of hydrogen-bond donors (Lipinski definition) is 1. The largest absolute Gasteiger partial charge is 0.459 e. The summed E-state index contributed by atoms with van der Waals surface area (Å²) in [7, 11) is 1.75. The summed E-state index contributed by atoms with van der Waals surface area (Å²) in [6, 6.07) is 13.9. The van der Waals surface area contributed by atoms with E-state index >= 15 is 0 Å². The number of H-pyrrole nitrogens is 1. The van der Waals surface area contributed by atoms with Crippen LogP contribution in [0.3, 0.4) is 0 Å². The van der Waals surface area contributed by atoms with Crippen molar-refractivity contribution in [2.45, 2.75) is 31.3 Å². The Kier molecular flexibility index (Phi) is 4.62. The zero-order valence-corrected chi connectivity index (χ0v) is 17.1. The Hall–Kier alpha value is -3.06. The van der Waals surface area contributed by atoms with Gasteiger partial charge in [-0.3, -0.25) is 24.3 Å². The van der Waals surface area contributed by atoms with Gasteiger partial charge in [-0.05, 0) is 43.6 Å².